The molecule has 1 aliphatic heterocycles. The minimum absolute atomic E-state index is 0.101. The molecule has 162 valence electrons. The number of carbonyl (C=O) groups is 1. The van der Waals surface area contributed by atoms with E-state index in [0.29, 0.717) is 29.8 Å². The largest absolute Gasteiger partial charge is 0.383 e. The molecule has 3 aromatic rings. The van der Waals surface area contributed by atoms with E-state index in [4.69, 9.17) is 17.3 Å². The van der Waals surface area contributed by atoms with E-state index < -0.39 is 16.1 Å². The van der Waals surface area contributed by atoms with E-state index in [-0.39, 0.29) is 6.54 Å². The SMILES string of the molecule is Nc1ncnc2cc(CN3CCN(S(=O)(=O)C=Cc4ccc(Cl)s4)CC3C=O)ccc12. The molecule has 11 heteroatoms. The minimum atomic E-state index is -3.65. The van der Waals surface area contributed by atoms with Gasteiger partial charge < -0.3 is 10.5 Å². The molecule has 4 rings (SSSR count). The van der Waals surface area contributed by atoms with Crippen LogP contribution in [0.2, 0.25) is 4.34 Å². The van der Waals surface area contributed by atoms with Gasteiger partial charge in [-0.15, -0.1) is 11.3 Å². The van der Waals surface area contributed by atoms with Crippen molar-refractivity contribution in [3.63, 3.8) is 0 Å². The number of hydrogen-bond donors (Lipinski definition) is 1. The summed E-state index contributed by atoms with van der Waals surface area (Å²) < 4.78 is 27.4. The number of piperazine rings is 1. The van der Waals surface area contributed by atoms with Crippen LogP contribution in [0.3, 0.4) is 0 Å². The summed E-state index contributed by atoms with van der Waals surface area (Å²) in [6, 6.07) is 8.62. The molecule has 1 atom stereocenters. The molecule has 1 aliphatic rings. The van der Waals surface area contributed by atoms with Crippen LogP contribution in [0.5, 0.6) is 0 Å². The Hall–Kier alpha value is -2.37. The number of nitrogens with two attached hydrogens (primary N) is 1. The molecule has 1 fully saturated rings. The number of carbonyl (C=O) groups excluding carboxylic acids is 1. The molecule has 2 N–H and O–H groups in total. The predicted molar refractivity (Wildman–Crippen MR) is 123 cm³/mol. The van der Waals surface area contributed by atoms with E-state index in [9.17, 15) is 13.2 Å². The van der Waals surface area contributed by atoms with Crippen molar-refractivity contribution in [2.75, 3.05) is 25.4 Å². The van der Waals surface area contributed by atoms with Crippen LogP contribution < -0.4 is 5.73 Å². The van der Waals surface area contributed by atoms with E-state index in [1.54, 1.807) is 12.1 Å². The summed E-state index contributed by atoms with van der Waals surface area (Å²) in [5.41, 5.74) is 7.56. The summed E-state index contributed by atoms with van der Waals surface area (Å²) in [5.74, 6) is 0.416. The minimum Gasteiger partial charge on any atom is -0.383 e. The summed E-state index contributed by atoms with van der Waals surface area (Å²) in [7, 11) is -3.65. The van der Waals surface area contributed by atoms with Gasteiger partial charge in [0.25, 0.3) is 0 Å². The van der Waals surface area contributed by atoms with Crippen LogP contribution in [-0.4, -0.2) is 59.6 Å². The third-order valence-corrected chi connectivity index (χ3v) is 7.86. The summed E-state index contributed by atoms with van der Waals surface area (Å²) in [4.78, 5) is 22.7. The first-order valence-electron chi connectivity index (χ1n) is 9.48. The zero-order valence-corrected chi connectivity index (χ0v) is 18.8. The average molecular weight is 478 g/mol. The Kier molecular flexibility index (Phi) is 6.35. The molecule has 1 aromatic carbocycles. The Morgan fingerprint density at radius 2 is 2.06 bits per heavy atom. The van der Waals surface area contributed by atoms with Gasteiger partial charge in [-0.3, -0.25) is 4.90 Å². The number of aldehydes is 1. The Morgan fingerprint density at radius 1 is 1.23 bits per heavy atom. The first kappa shape index (κ1) is 21.8. The second kappa shape index (κ2) is 9.01. The number of rotatable bonds is 6. The molecule has 0 bridgehead atoms. The maximum absolute atomic E-state index is 12.7. The molecule has 0 radical (unpaired) electrons. The third-order valence-electron chi connectivity index (χ3n) is 5.13. The van der Waals surface area contributed by atoms with E-state index >= 15 is 0 Å². The number of sulfonamides is 1. The van der Waals surface area contributed by atoms with Crippen LogP contribution in [0.4, 0.5) is 5.82 Å². The average Bonchev–Trinajstić information content (AvgIpc) is 3.18. The fourth-order valence-electron chi connectivity index (χ4n) is 3.49. The molecule has 31 heavy (non-hydrogen) atoms. The summed E-state index contributed by atoms with van der Waals surface area (Å²) >= 11 is 7.18. The second-order valence-electron chi connectivity index (χ2n) is 7.13. The number of fused-ring (bicyclic) bond motifs is 1. The summed E-state index contributed by atoms with van der Waals surface area (Å²) in [5, 5.41) is 1.94. The van der Waals surface area contributed by atoms with Crippen LogP contribution in [0.1, 0.15) is 10.4 Å². The molecule has 1 unspecified atom stereocenters. The van der Waals surface area contributed by atoms with Crippen molar-refractivity contribution in [1.82, 2.24) is 19.2 Å². The first-order valence-corrected chi connectivity index (χ1v) is 12.2. The molecule has 1 saturated heterocycles. The highest BCUT2D eigenvalue weighted by Gasteiger charge is 2.32. The Balaban J connectivity index is 1.46. The molecule has 0 amide bonds. The molecular weight excluding hydrogens is 458 g/mol. The van der Waals surface area contributed by atoms with Crippen molar-refractivity contribution < 1.29 is 13.2 Å². The molecule has 0 spiro atoms. The van der Waals surface area contributed by atoms with Crippen molar-refractivity contribution in [2.24, 2.45) is 0 Å². The third kappa shape index (κ3) is 4.94. The van der Waals surface area contributed by atoms with Gasteiger partial charge in [0.15, 0.2) is 0 Å². The normalized spacial score (nSPS) is 18.7. The number of nitrogen functional groups attached to an aromatic ring is 1. The highest BCUT2D eigenvalue weighted by atomic mass is 35.5. The lowest BCUT2D eigenvalue weighted by Gasteiger charge is -2.37. The van der Waals surface area contributed by atoms with Crippen LogP contribution >= 0.6 is 22.9 Å². The fourth-order valence-corrected chi connectivity index (χ4v) is 5.73. The van der Waals surface area contributed by atoms with Gasteiger partial charge in [-0.1, -0.05) is 17.7 Å². The molecule has 0 saturated carbocycles. The maximum atomic E-state index is 12.7. The number of nitrogens with zero attached hydrogens (tertiary/aromatic N) is 4. The van der Waals surface area contributed by atoms with Gasteiger partial charge >= 0.3 is 0 Å². The van der Waals surface area contributed by atoms with E-state index in [1.165, 1.54) is 33.5 Å². The van der Waals surface area contributed by atoms with Gasteiger partial charge in [0.2, 0.25) is 10.0 Å². The van der Waals surface area contributed by atoms with Gasteiger partial charge in [0, 0.05) is 41.9 Å². The Morgan fingerprint density at radius 3 is 2.81 bits per heavy atom. The monoisotopic (exact) mass is 477 g/mol. The van der Waals surface area contributed by atoms with Gasteiger partial charge in [-0.25, -0.2) is 18.4 Å². The summed E-state index contributed by atoms with van der Waals surface area (Å²) in [6.07, 6.45) is 3.74. The lowest BCUT2D eigenvalue weighted by molar-refractivity contribution is -0.114. The smallest absolute Gasteiger partial charge is 0.236 e. The van der Waals surface area contributed by atoms with E-state index in [2.05, 4.69) is 9.97 Å². The Labute approximate surface area is 189 Å². The highest BCUT2D eigenvalue weighted by Crippen LogP contribution is 2.24. The van der Waals surface area contributed by atoms with Crippen molar-refractivity contribution in [2.45, 2.75) is 12.6 Å². The number of aromatic nitrogens is 2. The van der Waals surface area contributed by atoms with Crippen LogP contribution in [0.25, 0.3) is 17.0 Å². The Bertz CT molecular complexity index is 1240. The van der Waals surface area contributed by atoms with Crippen molar-refractivity contribution in [3.8, 4) is 0 Å². The molecule has 8 nitrogen and oxygen atoms in total. The molecular formula is C20H20ClN5O3S2. The summed E-state index contributed by atoms with van der Waals surface area (Å²) in [6.45, 7) is 1.33. The molecule has 3 heterocycles. The van der Waals surface area contributed by atoms with Gasteiger partial charge in [0.1, 0.15) is 18.4 Å². The van der Waals surface area contributed by atoms with Crippen LogP contribution in [0.15, 0.2) is 42.1 Å². The van der Waals surface area contributed by atoms with Gasteiger partial charge in [-0.05, 0) is 35.9 Å². The predicted octanol–water partition coefficient (Wildman–Crippen LogP) is 2.61. The topological polar surface area (TPSA) is 109 Å². The van der Waals surface area contributed by atoms with Gasteiger partial charge in [0.05, 0.1) is 15.9 Å². The number of hydrogen-bond acceptors (Lipinski definition) is 8. The van der Waals surface area contributed by atoms with Crippen molar-refractivity contribution in [3.05, 3.63) is 56.8 Å². The first-order chi connectivity index (χ1) is 14.9. The zero-order chi connectivity index (χ0) is 22.0. The lowest BCUT2D eigenvalue weighted by Crippen LogP contribution is -2.54. The van der Waals surface area contributed by atoms with Crippen molar-refractivity contribution in [1.29, 1.82) is 0 Å². The number of benzene rings is 1. The van der Waals surface area contributed by atoms with Crippen molar-refractivity contribution >= 4 is 62.0 Å². The lowest BCUT2D eigenvalue weighted by atomic mass is 10.1. The van der Waals surface area contributed by atoms with Gasteiger partial charge in [-0.2, -0.15) is 4.31 Å². The molecule has 0 aliphatic carbocycles. The highest BCUT2D eigenvalue weighted by molar-refractivity contribution is 7.92. The number of thiophene rings is 1. The molecule has 2 aromatic heterocycles. The fraction of sp³-hybridized carbons (Fsp3) is 0.250. The number of anilines is 1. The van der Waals surface area contributed by atoms with Crippen LogP contribution in [0, 0.1) is 0 Å². The second-order valence-corrected chi connectivity index (χ2v) is 10.7. The van der Waals surface area contributed by atoms with E-state index in [1.807, 2.05) is 23.1 Å². The van der Waals surface area contributed by atoms with Crippen LogP contribution in [-0.2, 0) is 21.4 Å². The van der Waals surface area contributed by atoms with E-state index in [0.717, 1.165) is 27.6 Å². The maximum Gasteiger partial charge on any atom is 0.236 e. The quantitative estimate of drug-likeness (QED) is 0.543. The standard InChI is InChI=1S/C20H20ClN5O3S2/c21-19-4-2-16(30-19)5-8-31(28,29)26-7-6-25(15(11-26)12-27)10-14-1-3-17-18(9-14)23-13-24-20(17)22/h1-5,8-9,12-13,15H,6-7,10-11H2,(H2,22,23,24). The zero-order valence-electron chi connectivity index (χ0n) is 16.4. The number of halogens is 1.